The maximum atomic E-state index is 12.3. The summed E-state index contributed by atoms with van der Waals surface area (Å²) in [5, 5.41) is 9.99. The number of fused-ring (bicyclic) bond motifs is 5. The first-order chi connectivity index (χ1) is 9.95. The van der Waals surface area contributed by atoms with E-state index in [9.17, 15) is 9.90 Å². The van der Waals surface area contributed by atoms with Gasteiger partial charge in [0.15, 0.2) is 5.78 Å². The van der Waals surface area contributed by atoms with E-state index < -0.39 is 0 Å². The molecule has 2 nitrogen and oxygen atoms in total. The number of aliphatic hydroxyl groups is 1. The normalized spacial score (nSPS) is 52.0. The number of carbonyl (C=O) groups excluding carboxylic acids is 1. The summed E-state index contributed by atoms with van der Waals surface area (Å²) in [5.74, 6) is 2.10. The van der Waals surface area contributed by atoms with E-state index in [0.717, 1.165) is 32.1 Å². The molecule has 0 aliphatic heterocycles. The summed E-state index contributed by atoms with van der Waals surface area (Å²) in [6.07, 6.45) is 12.6. The van der Waals surface area contributed by atoms with Gasteiger partial charge in [0.1, 0.15) is 0 Å². The Morgan fingerprint density at radius 3 is 2.76 bits per heavy atom. The van der Waals surface area contributed by atoms with Crippen LogP contribution in [0.3, 0.4) is 0 Å². The Balaban J connectivity index is 1.71. The highest BCUT2D eigenvalue weighted by Crippen LogP contribution is 2.62. The van der Waals surface area contributed by atoms with Gasteiger partial charge in [0.25, 0.3) is 0 Å². The first-order valence-electron chi connectivity index (χ1n) is 8.55. The van der Waals surface area contributed by atoms with E-state index in [2.05, 4.69) is 26.0 Å². The van der Waals surface area contributed by atoms with Crippen LogP contribution < -0.4 is 0 Å². The second kappa shape index (κ2) is 4.32. The molecule has 0 saturated heterocycles. The summed E-state index contributed by atoms with van der Waals surface area (Å²) in [4.78, 5) is 12.3. The summed E-state index contributed by atoms with van der Waals surface area (Å²) >= 11 is 0. The number of ketones is 1. The van der Waals surface area contributed by atoms with E-state index in [1.807, 2.05) is 6.08 Å². The van der Waals surface area contributed by atoms with Gasteiger partial charge < -0.3 is 5.11 Å². The molecule has 0 aromatic rings. The predicted molar refractivity (Wildman–Crippen MR) is 82.6 cm³/mol. The lowest BCUT2D eigenvalue weighted by Gasteiger charge is -2.56. The highest BCUT2D eigenvalue weighted by Gasteiger charge is 2.57. The maximum Gasteiger partial charge on any atom is 0.161 e. The Hall–Kier alpha value is -0.890. The van der Waals surface area contributed by atoms with Crippen LogP contribution in [-0.2, 0) is 4.79 Å². The summed E-state index contributed by atoms with van der Waals surface area (Å²) < 4.78 is 0. The molecule has 0 spiro atoms. The minimum atomic E-state index is -0.136. The van der Waals surface area contributed by atoms with Crippen molar-refractivity contribution in [3.05, 3.63) is 23.8 Å². The van der Waals surface area contributed by atoms with Crippen molar-refractivity contribution in [2.45, 2.75) is 58.5 Å². The first-order valence-corrected chi connectivity index (χ1v) is 8.55. The van der Waals surface area contributed by atoms with Gasteiger partial charge in [-0.2, -0.15) is 0 Å². The molecule has 0 bridgehead atoms. The van der Waals surface area contributed by atoms with Gasteiger partial charge in [0.2, 0.25) is 0 Å². The van der Waals surface area contributed by atoms with Gasteiger partial charge in [-0.15, -0.1) is 0 Å². The molecule has 4 aliphatic carbocycles. The minimum absolute atomic E-state index is 0.128. The van der Waals surface area contributed by atoms with Crippen LogP contribution in [0, 0.1) is 28.6 Å². The lowest BCUT2D eigenvalue weighted by molar-refractivity contribution is -0.129. The second-order valence-electron chi connectivity index (χ2n) is 8.25. The number of hydrogen-bond acceptors (Lipinski definition) is 2. The van der Waals surface area contributed by atoms with Crippen molar-refractivity contribution in [3.8, 4) is 0 Å². The van der Waals surface area contributed by atoms with Crippen molar-refractivity contribution in [1.82, 2.24) is 0 Å². The molecule has 2 fully saturated rings. The van der Waals surface area contributed by atoms with Crippen molar-refractivity contribution in [2.75, 3.05) is 0 Å². The van der Waals surface area contributed by atoms with Crippen LogP contribution in [0.1, 0.15) is 52.4 Å². The third kappa shape index (κ3) is 1.72. The zero-order chi connectivity index (χ0) is 14.8. The lowest BCUT2D eigenvalue weighted by Crippen LogP contribution is -2.50. The summed E-state index contributed by atoms with van der Waals surface area (Å²) in [5.41, 5.74) is 1.64. The Bertz CT molecular complexity index is 546. The Kier molecular flexibility index (Phi) is 2.83. The van der Waals surface area contributed by atoms with Crippen LogP contribution in [0.15, 0.2) is 23.8 Å². The van der Waals surface area contributed by atoms with Gasteiger partial charge in [-0.05, 0) is 67.8 Å². The number of aliphatic hydroxyl groups excluding tert-OH is 1. The highest BCUT2D eigenvalue weighted by molar-refractivity contribution is 5.97. The van der Waals surface area contributed by atoms with Gasteiger partial charge in [-0.25, -0.2) is 0 Å². The number of rotatable bonds is 0. The molecule has 4 aliphatic rings. The molecule has 114 valence electrons. The van der Waals surface area contributed by atoms with Crippen LogP contribution in [0.5, 0.6) is 0 Å². The molecular formula is C19H26O2. The zero-order valence-electron chi connectivity index (χ0n) is 13.1. The van der Waals surface area contributed by atoms with Crippen LogP contribution in [0.4, 0.5) is 0 Å². The molecule has 0 unspecified atom stereocenters. The SMILES string of the molecule is C[C@]12CC[C@H](O)CC1=CC[C@H]1[C@H]2CC[C@]2(C)C(=O)C=C[C@H]12. The largest absolute Gasteiger partial charge is 0.393 e. The number of allylic oxidation sites excluding steroid dienone is 3. The summed E-state index contributed by atoms with van der Waals surface area (Å²) in [6.45, 7) is 4.60. The lowest BCUT2D eigenvalue weighted by atomic mass is 9.48. The predicted octanol–water partition coefficient (Wildman–Crippen LogP) is 3.66. The zero-order valence-corrected chi connectivity index (χ0v) is 13.1. The van der Waals surface area contributed by atoms with E-state index >= 15 is 0 Å². The van der Waals surface area contributed by atoms with E-state index in [4.69, 9.17) is 0 Å². The molecule has 6 atom stereocenters. The van der Waals surface area contributed by atoms with Crippen molar-refractivity contribution in [2.24, 2.45) is 28.6 Å². The van der Waals surface area contributed by atoms with E-state index in [1.165, 1.54) is 12.0 Å². The fourth-order valence-corrected chi connectivity index (χ4v) is 5.92. The summed E-state index contributed by atoms with van der Waals surface area (Å²) in [7, 11) is 0. The fraction of sp³-hybridized carbons (Fsp3) is 0.737. The second-order valence-corrected chi connectivity index (χ2v) is 8.25. The first kappa shape index (κ1) is 13.8. The molecular weight excluding hydrogens is 260 g/mol. The molecule has 2 heteroatoms. The standard InChI is InChI=1S/C19H26O2/c1-18-9-7-13(20)11-12(18)3-4-14-15-5-6-17(21)19(15,2)10-8-16(14)18/h3,5-6,13-16,20H,4,7-11H2,1-2H3/t13-,14+,15+,16+,18-,19-/m0/s1. The topological polar surface area (TPSA) is 37.3 Å². The van der Waals surface area contributed by atoms with Crippen LogP contribution in [0.25, 0.3) is 0 Å². The van der Waals surface area contributed by atoms with E-state index in [0.29, 0.717) is 23.5 Å². The molecule has 2 saturated carbocycles. The average Bonchev–Trinajstić information content (AvgIpc) is 2.76. The third-order valence-corrected chi connectivity index (χ3v) is 7.35. The quantitative estimate of drug-likeness (QED) is 0.690. The van der Waals surface area contributed by atoms with Gasteiger partial charge in [0.05, 0.1) is 6.10 Å². The molecule has 0 aromatic heterocycles. The van der Waals surface area contributed by atoms with E-state index in [1.54, 1.807) is 0 Å². The van der Waals surface area contributed by atoms with Crippen molar-refractivity contribution >= 4 is 5.78 Å². The molecule has 0 radical (unpaired) electrons. The Labute approximate surface area is 127 Å². The van der Waals surface area contributed by atoms with Gasteiger partial charge in [0, 0.05) is 5.41 Å². The molecule has 0 amide bonds. The van der Waals surface area contributed by atoms with Crippen molar-refractivity contribution < 1.29 is 9.90 Å². The third-order valence-electron chi connectivity index (χ3n) is 7.35. The molecule has 1 N–H and O–H groups in total. The summed E-state index contributed by atoms with van der Waals surface area (Å²) in [6, 6.07) is 0. The van der Waals surface area contributed by atoms with Crippen LogP contribution >= 0.6 is 0 Å². The van der Waals surface area contributed by atoms with Crippen molar-refractivity contribution in [1.29, 1.82) is 0 Å². The Morgan fingerprint density at radius 2 is 1.95 bits per heavy atom. The molecule has 0 heterocycles. The van der Waals surface area contributed by atoms with Crippen molar-refractivity contribution in [3.63, 3.8) is 0 Å². The van der Waals surface area contributed by atoms with Crippen LogP contribution in [-0.4, -0.2) is 17.0 Å². The fourth-order valence-electron chi connectivity index (χ4n) is 5.92. The van der Waals surface area contributed by atoms with E-state index in [-0.39, 0.29) is 16.9 Å². The minimum Gasteiger partial charge on any atom is -0.393 e. The highest BCUT2D eigenvalue weighted by atomic mass is 16.3. The molecule has 0 aromatic carbocycles. The van der Waals surface area contributed by atoms with Crippen LogP contribution in [0.2, 0.25) is 0 Å². The number of hydrogen-bond donors (Lipinski definition) is 1. The number of carbonyl (C=O) groups is 1. The van der Waals surface area contributed by atoms with Gasteiger partial charge in [-0.1, -0.05) is 31.6 Å². The van der Waals surface area contributed by atoms with Gasteiger partial charge in [-0.3, -0.25) is 4.79 Å². The maximum absolute atomic E-state index is 12.3. The van der Waals surface area contributed by atoms with Gasteiger partial charge >= 0.3 is 0 Å². The molecule has 4 rings (SSSR count). The monoisotopic (exact) mass is 286 g/mol. The average molecular weight is 286 g/mol. The smallest absolute Gasteiger partial charge is 0.161 e. The molecule has 21 heavy (non-hydrogen) atoms. The Morgan fingerprint density at radius 1 is 1.19 bits per heavy atom.